The molecule has 1 aliphatic carbocycles. The number of nitrogens with one attached hydrogen (secondary N) is 1. The van der Waals surface area contributed by atoms with Gasteiger partial charge in [0.2, 0.25) is 0 Å². The van der Waals surface area contributed by atoms with Gasteiger partial charge in [0.25, 0.3) is 5.91 Å². The molecular formula is C20H27NO5S. The number of amides is 1. The summed E-state index contributed by atoms with van der Waals surface area (Å²) in [5.74, 6) is -1.02. The van der Waals surface area contributed by atoms with Gasteiger partial charge in [0, 0.05) is 12.8 Å². The number of allylic oxidation sites excluding steroid dienone is 1. The van der Waals surface area contributed by atoms with Crippen LogP contribution in [0.1, 0.15) is 54.9 Å². The maximum atomic E-state index is 12.1. The largest absolute Gasteiger partial charge is 0.449 e. The van der Waals surface area contributed by atoms with Crippen molar-refractivity contribution < 1.29 is 22.7 Å². The SMILES string of the molecule is C[C@@H](OC(=O)c1ccc(CS(C)(=O)=O)cc1)C(=O)NCCC1=CCCCC1. The van der Waals surface area contributed by atoms with Crippen LogP contribution in [-0.4, -0.2) is 39.2 Å². The molecule has 0 saturated heterocycles. The molecule has 0 aliphatic heterocycles. The minimum atomic E-state index is -3.13. The Labute approximate surface area is 160 Å². The Bertz CT molecular complexity index is 796. The van der Waals surface area contributed by atoms with Gasteiger partial charge < -0.3 is 10.1 Å². The van der Waals surface area contributed by atoms with Gasteiger partial charge in [-0.15, -0.1) is 0 Å². The van der Waals surface area contributed by atoms with Crippen LogP contribution in [0.2, 0.25) is 0 Å². The van der Waals surface area contributed by atoms with Gasteiger partial charge in [0.1, 0.15) is 0 Å². The van der Waals surface area contributed by atoms with Crippen molar-refractivity contribution in [1.29, 1.82) is 0 Å². The van der Waals surface area contributed by atoms with E-state index >= 15 is 0 Å². The van der Waals surface area contributed by atoms with E-state index in [1.165, 1.54) is 37.5 Å². The predicted molar refractivity (Wildman–Crippen MR) is 104 cm³/mol. The predicted octanol–water partition coefficient (Wildman–Crippen LogP) is 2.78. The van der Waals surface area contributed by atoms with E-state index in [0.29, 0.717) is 12.1 Å². The first-order valence-corrected chi connectivity index (χ1v) is 11.2. The van der Waals surface area contributed by atoms with Crippen molar-refractivity contribution in [3.8, 4) is 0 Å². The van der Waals surface area contributed by atoms with Gasteiger partial charge in [0.15, 0.2) is 15.9 Å². The standard InChI is InChI=1S/C20H27NO5S/c1-15(19(22)21-13-12-16-6-4-3-5-7-16)26-20(23)18-10-8-17(9-11-18)14-27(2,24)25/h6,8-11,15H,3-5,7,12-14H2,1-2H3,(H,21,22)/t15-/m1/s1. The molecule has 1 atom stereocenters. The third-order valence-electron chi connectivity index (χ3n) is 4.40. The summed E-state index contributed by atoms with van der Waals surface area (Å²) in [6.45, 7) is 2.07. The Balaban J connectivity index is 1.79. The zero-order valence-electron chi connectivity index (χ0n) is 15.9. The molecule has 0 saturated carbocycles. The van der Waals surface area contributed by atoms with Gasteiger partial charge in [-0.05, 0) is 56.7 Å². The van der Waals surface area contributed by atoms with Crippen molar-refractivity contribution in [2.24, 2.45) is 0 Å². The Hall–Kier alpha value is -2.15. The van der Waals surface area contributed by atoms with E-state index in [-0.39, 0.29) is 17.2 Å². The quantitative estimate of drug-likeness (QED) is 0.542. The highest BCUT2D eigenvalue weighted by molar-refractivity contribution is 7.89. The molecule has 0 radical (unpaired) electrons. The lowest BCUT2D eigenvalue weighted by Crippen LogP contribution is -2.36. The normalized spacial score (nSPS) is 15.6. The molecule has 148 valence electrons. The van der Waals surface area contributed by atoms with Gasteiger partial charge in [-0.3, -0.25) is 4.79 Å². The molecule has 6 nitrogen and oxygen atoms in total. The van der Waals surface area contributed by atoms with Crippen molar-refractivity contribution in [2.45, 2.75) is 50.9 Å². The molecule has 0 spiro atoms. The number of carbonyl (C=O) groups excluding carboxylic acids is 2. The second kappa shape index (κ2) is 9.69. The van der Waals surface area contributed by atoms with Crippen molar-refractivity contribution in [3.63, 3.8) is 0 Å². The molecule has 27 heavy (non-hydrogen) atoms. The fourth-order valence-electron chi connectivity index (χ4n) is 2.94. The molecule has 0 bridgehead atoms. The highest BCUT2D eigenvalue weighted by atomic mass is 32.2. The van der Waals surface area contributed by atoms with Crippen LogP contribution < -0.4 is 5.32 Å². The highest BCUT2D eigenvalue weighted by Gasteiger charge is 2.19. The Morgan fingerprint density at radius 3 is 2.48 bits per heavy atom. The fraction of sp³-hybridized carbons (Fsp3) is 0.500. The first-order valence-electron chi connectivity index (χ1n) is 9.18. The molecule has 1 N–H and O–H groups in total. The molecule has 1 aromatic rings. The zero-order valence-corrected chi connectivity index (χ0v) is 16.7. The second-order valence-electron chi connectivity index (χ2n) is 6.96. The lowest BCUT2D eigenvalue weighted by molar-refractivity contribution is -0.129. The van der Waals surface area contributed by atoms with E-state index in [0.717, 1.165) is 25.5 Å². The van der Waals surface area contributed by atoms with Crippen LogP contribution in [-0.2, 0) is 25.1 Å². The minimum absolute atomic E-state index is 0.0857. The second-order valence-corrected chi connectivity index (χ2v) is 9.10. The van der Waals surface area contributed by atoms with Gasteiger partial charge in [-0.25, -0.2) is 13.2 Å². The zero-order chi connectivity index (χ0) is 19.9. The molecule has 7 heteroatoms. The summed E-state index contributed by atoms with van der Waals surface area (Å²) in [7, 11) is -3.13. The summed E-state index contributed by atoms with van der Waals surface area (Å²) in [6.07, 6.45) is 7.97. The van der Waals surface area contributed by atoms with Gasteiger partial charge >= 0.3 is 5.97 Å². The van der Waals surface area contributed by atoms with Crippen LogP contribution in [0, 0.1) is 0 Å². The van der Waals surface area contributed by atoms with Crippen molar-refractivity contribution in [2.75, 3.05) is 12.8 Å². The third kappa shape index (κ3) is 7.54. The number of hydrogen-bond donors (Lipinski definition) is 1. The summed E-state index contributed by atoms with van der Waals surface area (Å²) in [6, 6.07) is 6.15. The molecule has 1 amide bonds. The van der Waals surface area contributed by atoms with Crippen LogP contribution in [0.4, 0.5) is 0 Å². The monoisotopic (exact) mass is 393 g/mol. The van der Waals surface area contributed by atoms with Crippen molar-refractivity contribution in [1.82, 2.24) is 5.32 Å². The first-order chi connectivity index (χ1) is 12.7. The molecular weight excluding hydrogens is 366 g/mol. The van der Waals surface area contributed by atoms with E-state index in [2.05, 4.69) is 11.4 Å². The molecule has 1 aliphatic rings. The topological polar surface area (TPSA) is 89.5 Å². The molecule has 0 heterocycles. The van der Waals surface area contributed by atoms with E-state index in [1.54, 1.807) is 12.1 Å². The summed E-state index contributed by atoms with van der Waals surface area (Å²) in [5, 5.41) is 2.80. The molecule has 0 aromatic heterocycles. The lowest BCUT2D eigenvalue weighted by Gasteiger charge is -2.15. The number of carbonyl (C=O) groups is 2. The van der Waals surface area contributed by atoms with Crippen molar-refractivity contribution in [3.05, 3.63) is 47.0 Å². The summed E-state index contributed by atoms with van der Waals surface area (Å²) < 4.78 is 27.8. The molecule has 0 fully saturated rings. The lowest BCUT2D eigenvalue weighted by atomic mass is 9.97. The smallest absolute Gasteiger partial charge is 0.338 e. The number of rotatable bonds is 8. The number of ether oxygens (including phenoxy) is 1. The van der Waals surface area contributed by atoms with E-state index in [1.807, 2.05) is 0 Å². The van der Waals surface area contributed by atoms with Gasteiger partial charge in [-0.2, -0.15) is 0 Å². The Morgan fingerprint density at radius 1 is 1.19 bits per heavy atom. The number of sulfone groups is 1. The maximum absolute atomic E-state index is 12.1. The summed E-state index contributed by atoms with van der Waals surface area (Å²) in [5.41, 5.74) is 2.25. The molecule has 0 unspecified atom stereocenters. The van der Waals surface area contributed by atoms with Crippen LogP contribution in [0.5, 0.6) is 0 Å². The van der Waals surface area contributed by atoms with Crippen LogP contribution >= 0.6 is 0 Å². The van der Waals surface area contributed by atoms with E-state index < -0.39 is 21.9 Å². The van der Waals surface area contributed by atoms with Crippen LogP contribution in [0.15, 0.2) is 35.9 Å². The molecule has 2 rings (SSSR count). The average molecular weight is 394 g/mol. The number of hydrogen-bond acceptors (Lipinski definition) is 5. The van der Waals surface area contributed by atoms with Crippen LogP contribution in [0.3, 0.4) is 0 Å². The number of benzene rings is 1. The molecule has 1 aromatic carbocycles. The Morgan fingerprint density at radius 2 is 1.89 bits per heavy atom. The average Bonchev–Trinajstić information content (AvgIpc) is 2.61. The van der Waals surface area contributed by atoms with E-state index in [4.69, 9.17) is 4.74 Å². The highest BCUT2D eigenvalue weighted by Crippen LogP contribution is 2.19. The van der Waals surface area contributed by atoms with Gasteiger partial charge in [-0.1, -0.05) is 23.8 Å². The summed E-state index contributed by atoms with van der Waals surface area (Å²) in [4.78, 5) is 24.2. The number of esters is 1. The minimum Gasteiger partial charge on any atom is -0.449 e. The van der Waals surface area contributed by atoms with Crippen molar-refractivity contribution >= 4 is 21.7 Å². The van der Waals surface area contributed by atoms with Gasteiger partial charge in [0.05, 0.1) is 11.3 Å². The van der Waals surface area contributed by atoms with E-state index in [9.17, 15) is 18.0 Å². The third-order valence-corrected chi connectivity index (χ3v) is 5.26. The maximum Gasteiger partial charge on any atom is 0.338 e. The van der Waals surface area contributed by atoms with Crippen LogP contribution in [0.25, 0.3) is 0 Å². The first kappa shape index (κ1) is 21.2. The summed E-state index contributed by atoms with van der Waals surface area (Å²) >= 11 is 0. The fourth-order valence-corrected chi connectivity index (χ4v) is 3.74. The Kier molecular flexibility index (Phi) is 7.59.